The molecule has 1 spiro atoms. The van der Waals surface area contributed by atoms with Gasteiger partial charge in [-0.05, 0) is 55.3 Å². The quantitative estimate of drug-likeness (QED) is 0.681. The Labute approximate surface area is 104 Å². The van der Waals surface area contributed by atoms with Gasteiger partial charge in [-0.15, -0.1) is 0 Å². The molecular formula is C15H26O2. The molecule has 3 saturated carbocycles. The number of aliphatic hydroxyl groups is 2. The van der Waals surface area contributed by atoms with E-state index in [1.807, 2.05) is 0 Å². The van der Waals surface area contributed by atoms with E-state index in [9.17, 15) is 10.2 Å². The molecule has 0 aliphatic heterocycles. The molecule has 0 aromatic heterocycles. The van der Waals surface area contributed by atoms with Crippen LogP contribution < -0.4 is 0 Å². The molecule has 0 saturated heterocycles. The van der Waals surface area contributed by atoms with Crippen LogP contribution in [0.1, 0.15) is 59.3 Å². The van der Waals surface area contributed by atoms with E-state index in [0.29, 0.717) is 5.92 Å². The lowest BCUT2D eigenvalue weighted by molar-refractivity contribution is -0.144. The summed E-state index contributed by atoms with van der Waals surface area (Å²) in [4.78, 5) is 0. The van der Waals surface area contributed by atoms with Crippen LogP contribution in [0.5, 0.6) is 0 Å². The Morgan fingerprint density at radius 3 is 2.35 bits per heavy atom. The van der Waals surface area contributed by atoms with E-state index in [2.05, 4.69) is 20.8 Å². The van der Waals surface area contributed by atoms with E-state index in [-0.39, 0.29) is 28.5 Å². The molecule has 0 unspecified atom stereocenters. The van der Waals surface area contributed by atoms with E-state index in [1.165, 1.54) is 6.42 Å². The van der Waals surface area contributed by atoms with Crippen molar-refractivity contribution in [1.29, 1.82) is 0 Å². The minimum absolute atomic E-state index is 0.0656. The normalized spacial score (nSPS) is 56.6. The molecule has 3 aliphatic carbocycles. The molecule has 3 aliphatic rings. The summed E-state index contributed by atoms with van der Waals surface area (Å²) in [6, 6.07) is 0. The molecule has 0 heterocycles. The lowest BCUT2D eigenvalue weighted by atomic mass is 9.49. The number of aliphatic hydroxyl groups excluding tert-OH is 2. The van der Waals surface area contributed by atoms with Crippen molar-refractivity contribution in [3.63, 3.8) is 0 Å². The summed E-state index contributed by atoms with van der Waals surface area (Å²) in [5.41, 5.74) is 0.467. The monoisotopic (exact) mass is 238 g/mol. The second-order valence-electron chi connectivity index (χ2n) is 7.92. The van der Waals surface area contributed by atoms with Crippen molar-refractivity contribution in [2.45, 2.75) is 71.5 Å². The van der Waals surface area contributed by atoms with Gasteiger partial charge in [-0.1, -0.05) is 20.8 Å². The summed E-state index contributed by atoms with van der Waals surface area (Å²) in [6.45, 7) is 6.87. The highest BCUT2D eigenvalue weighted by atomic mass is 16.3. The molecule has 2 nitrogen and oxygen atoms in total. The molecule has 17 heavy (non-hydrogen) atoms. The van der Waals surface area contributed by atoms with Crippen molar-refractivity contribution in [2.75, 3.05) is 0 Å². The van der Waals surface area contributed by atoms with Gasteiger partial charge in [-0.25, -0.2) is 0 Å². The maximum atomic E-state index is 10.6. The average Bonchev–Trinajstić information content (AvgIpc) is 2.41. The van der Waals surface area contributed by atoms with Crippen molar-refractivity contribution >= 4 is 0 Å². The summed E-state index contributed by atoms with van der Waals surface area (Å²) in [5, 5.41) is 20.8. The van der Waals surface area contributed by atoms with Crippen LogP contribution in [0.15, 0.2) is 0 Å². The van der Waals surface area contributed by atoms with E-state index < -0.39 is 0 Å². The van der Waals surface area contributed by atoms with Crippen LogP contribution >= 0.6 is 0 Å². The first-order valence-electron chi connectivity index (χ1n) is 7.16. The van der Waals surface area contributed by atoms with Crippen LogP contribution in [0.25, 0.3) is 0 Å². The summed E-state index contributed by atoms with van der Waals surface area (Å²) in [7, 11) is 0. The lowest BCUT2D eigenvalue weighted by Crippen LogP contribution is -2.54. The number of fused-ring (bicyclic) bond motifs is 1. The standard InChI is InChI=1S/C15H26O2/c1-13(2)8-12(17)15-7-5-11(16)14(3,9-15)6-4-10(13)15/h10-12,16-17H,4-9H2,1-3H3/t10-,11+,12-,14+,15+/m0/s1. The maximum Gasteiger partial charge on any atom is 0.0604 e. The fourth-order valence-electron chi connectivity index (χ4n) is 5.56. The Hall–Kier alpha value is -0.0800. The van der Waals surface area contributed by atoms with Gasteiger partial charge in [0.05, 0.1) is 12.2 Å². The van der Waals surface area contributed by atoms with Gasteiger partial charge in [0.25, 0.3) is 0 Å². The largest absolute Gasteiger partial charge is 0.393 e. The maximum absolute atomic E-state index is 10.6. The SMILES string of the molecule is CC1(C)C[C@H](O)[C@@]23CC[C@@H](O)[C@](C)(CC[C@@H]12)C3. The van der Waals surface area contributed by atoms with Crippen LogP contribution in [-0.4, -0.2) is 22.4 Å². The molecule has 2 bridgehead atoms. The second kappa shape index (κ2) is 3.27. The zero-order valence-corrected chi connectivity index (χ0v) is 11.4. The highest BCUT2D eigenvalue weighted by molar-refractivity contribution is 5.14. The molecule has 2 N–H and O–H groups in total. The molecule has 0 radical (unpaired) electrons. The average molecular weight is 238 g/mol. The first-order chi connectivity index (χ1) is 7.80. The topological polar surface area (TPSA) is 40.5 Å². The molecule has 3 fully saturated rings. The highest BCUT2D eigenvalue weighted by Gasteiger charge is 2.64. The van der Waals surface area contributed by atoms with Crippen LogP contribution in [0.4, 0.5) is 0 Å². The van der Waals surface area contributed by atoms with Crippen molar-refractivity contribution in [3.05, 3.63) is 0 Å². The zero-order valence-electron chi connectivity index (χ0n) is 11.4. The predicted molar refractivity (Wildman–Crippen MR) is 67.5 cm³/mol. The second-order valence-corrected chi connectivity index (χ2v) is 7.92. The Bertz CT molecular complexity index is 338. The minimum atomic E-state index is -0.148. The first kappa shape index (κ1) is 12.0. The lowest BCUT2D eigenvalue weighted by Gasteiger charge is -2.57. The van der Waals surface area contributed by atoms with Crippen LogP contribution in [0.2, 0.25) is 0 Å². The minimum Gasteiger partial charge on any atom is -0.393 e. The van der Waals surface area contributed by atoms with Gasteiger partial charge in [0.2, 0.25) is 0 Å². The predicted octanol–water partition coefficient (Wildman–Crippen LogP) is 2.72. The fraction of sp³-hybridized carbons (Fsp3) is 1.00. The van der Waals surface area contributed by atoms with Crippen LogP contribution in [0.3, 0.4) is 0 Å². The molecule has 3 rings (SSSR count). The van der Waals surface area contributed by atoms with Gasteiger partial charge in [-0.3, -0.25) is 0 Å². The van der Waals surface area contributed by atoms with E-state index in [4.69, 9.17) is 0 Å². The van der Waals surface area contributed by atoms with Gasteiger partial charge in [-0.2, -0.15) is 0 Å². The molecule has 98 valence electrons. The zero-order chi connectivity index (χ0) is 12.5. The smallest absolute Gasteiger partial charge is 0.0604 e. The van der Waals surface area contributed by atoms with Gasteiger partial charge in [0.1, 0.15) is 0 Å². The summed E-state index contributed by atoms with van der Waals surface area (Å²) in [6.07, 6.45) is 5.94. The summed E-state index contributed by atoms with van der Waals surface area (Å²) in [5.74, 6) is 0.658. The van der Waals surface area contributed by atoms with Crippen molar-refractivity contribution in [1.82, 2.24) is 0 Å². The van der Waals surface area contributed by atoms with Crippen LogP contribution in [0, 0.1) is 22.2 Å². The van der Waals surface area contributed by atoms with Gasteiger partial charge >= 0.3 is 0 Å². The van der Waals surface area contributed by atoms with E-state index in [0.717, 1.165) is 32.1 Å². The van der Waals surface area contributed by atoms with Crippen molar-refractivity contribution in [3.8, 4) is 0 Å². The van der Waals surface area contributed by atoms with E-state index >= 15 is 0 Å². The van der Waals surface area contributed by atoms with Crippen molar-refractivity contribution < 1.29 is 10.2 Å². The summed E-state index contributed by atoms with van der Waals surface area (Å²) >= 11 is 0. The molecule has 5 atom stereocenters. The molecule has 0 aromatic carbocycles. The third-order valence-corrected chi connectivity index (χ3v) is 6.45. The first-order valence-corrected chi connectivity index (χ1v) is 7.16. The van der Waals surface area contributed by atoms with Gasteiger partial charge < -0.3 is 10.2 Å². The van der Waals surface area contributed by atoms with Gasteiger partial charge in [0, 0.05) is 5.41 Å². The molecule has 0 amide bonds. The van der Waals surface area contributed by atoms with E-state index in [1.54, 1.807) is 0 Å². The number of hydrogen-bond acceptors (Lipinski definition) is 2. The van der Waals surface area contributed by atoms with Crippen molar-refractivity contribution in [2.24, 2.45) is 22.2 Å². The Kier molecular flexibility index (Phi) is 2.30. The molecular weight excluding hydrogens is 212 g/mol. The Morgan fingerprint density at radius 1 is 0.941 bits per heavy atom. The molecule has 0 aromatic rings. The van der Waals surface area contributed by atoms with Gasteiger partial charge in [0.15, 0.2) is 0 Å². The fourth-order valence-corrected chi connectivity index (χ4v) is 5.56. The Balaban J connectivity index is 2.00. The number of rotatable bonds is 0. The Morgan fingerprint density at radius 2 is 1.65 bits per heavy atom. The molecule has 2 heteroatoms. The third kappa shape index (κ3) is 1.40. The van der Waals surface area contributed by atoms with Crippen LogP contribution in [-0.2, 0) is 0 Å². The number of hydrogen-bond donors (Lipinski definition) is 2. The summed E-state index contributed by atoms with van der Waals surface area (Å²) < 4.78 is 0. The third-order valence-electron chi connectivity index (χ3n) is 6.45. The highest BCUT2D eigenvalue weighted by Crippen LogP contribution is 2.68.